The van der Waals surface area contributed by atoms with Crippen molar-refractivity contribution in [2.24, 2.45) is 10.8 Å². The molecule has 174 valence electrons. The largest absolute Gasteiger partial charge is 0.501 e. The average Bonchev–Trinajstić information content (AvgIpc) is 2.82. The normalized spacial score (nSPS) is 24.2. The van der Waals surface area contributed by atoms with Gasteiger partial charge in [-0.05, 0) is 69.7 Å². The molecule has 0 amide bonds. The second-order valence-corrected chi connectivity index (χ2v) is 8.94. The molecular weight excluding hydrogens is 431 g/mol. The summed E-state index contributed by atoms with van der Waals surface area (Å²) in [5.74, 6) is 6.47. The molecule has 1 aromatic heterocycles. The van der Waals surface area contributed by atoms with Gasteiger partial charge in [-0.2, -0.15) is 13.2 Å². The van der Waals surface area contributed by atoms with Crippen LogP contribution in [0.15, 0.2) is 36.6 Å². The van der Waals surface area contributed by atoms with E-state index < -0.39 is 17.7 Å². The minimum atomic E-state index is -4.65. The highest BCUT2D eigenvalue weighted by Crippen LogP contribution is 2.59. The lowest BCUT2D eigenvalue weighted by Crippen LogP contribution is -2.42. The van der Waals surface area contributed by atoms with E-state index in [1.807, 2.05) is 0 Å². The summed E-state index contributed by atoms with van der Waals surface area (Å²) in [6.07, 6.45) is 1.02. The van der Waals surface area contributed by atoms with E-state index in [9.17, 15) is 18.0 Å². The fourth-order valence-corrected chi connectivity index (χ4v) is 5.06. The maximum Gasteiger partial charge on any atom is 0.417 e. The maximum absolute atomic E-state index is 13.8. The van der Waals surface area contributed by atoms with E-state index in [0.29, 0.717) is 5.56 Å². The summed E-state index contributed by atoms with van der Waals surface area (Å²) in [7, 11) is 1.66. The van der Waals surface area contributed by atoms with Gasteiger partial charge in [0, 0.05) is 21.8 Å². The molecule has 0 atom stereocenters. The molecule has 4 nitrogen and oxygen atoms in total. The van der Waals surface area contributed by atoms with Crippen molar-refractivity contribution in [1.82, 2.24) is 4.98 Å². The Morgan fingerprint density at radius 3 is 2.39 bits per heavy atom. The molecule has 33 heavy (non-hydrogen) atoms. The number of esters is 1. The SMILES string of the molecule is C=C(OC)C12CCC(C#Cc3ccc4nc(C(=O)OCC)cc(C(F)(F)F)c4c3)(CC1)CC2. The van der Waals surface area contributed by atoms with Crippen molar-refractivity contribution in [3.8, 4) is 11.8 Å². The Bertz CT molecular complexity index is 1150. The molecule has 0 spiro atoms. The Labute approximate surface area is 191 Å². The second kappa shape index (κ2) is 8.40. The number of alkyl halides is 3. The van der Waals surface area contributed by atoms with Crippen LogP contribution in [0.1, 0.15) is 67.1 Å². The summed E-state index contributed by atoms with van der Waals surface area (Å²) in [5.41, 5.74) is -0.795. The lowest BCUT2D eigenvalue weighted by Gasteiger charge is -2.51. The first kappa shape index (κ1) is 23.2. The molecule has 0 radical (unpaired) electrons. The Morgan fingerprint density at radius 2 is 1.82 bits per heavy atom. The molecule has 2 bridgehead atoms. The first-order valence-electron chi connectivity index (χ1n) is 11.1. The van der Waals surface area contributed by atoms with Gasteiger partial charge in [0.15, 0.2) is 0 Å². The number of aromatic nitrogens is 1. The fraction of sp³-hybridized carbons (Fsp3) is 0.462. The molecule has 3 aliphatic rings. The van der Waals surface area contributed by atoms with Crippen LogP contribution in [0.5, 0.6) is 0 Å². The number of carbonyl (C=O) groups is 1. The lowest BCUT2D eigenvalue weighted by molar-refractivity contribution is -0.136. The van der Waals surface area contributed by atoms with E-state index in [-0.39, 0.29) is 34.0 Å². The van der Waals surface area contributed by atoms with E-state index in [4.69, 9.17) is 9.47 Å². The summed E-state index contributed by atoms with van der Waals surface area (Å²) >= 11 is 0. The number of allylic oxidation sites excluding steroid dienone is 1. The molecule has 1 heterocycles. The molecule has 3 saturated carbocycles. The van der Waals surface area contributed by atoms with E-state index in [0.717, 1.165) is 50.4 Å². The van der Waals surface area contributed by atoms with Gasteiger partial charge in [0.2, 0.25) is 0 Å². The summed E-state index contributed by atoms with van der Waals surface area (Å²) in [5, 5.41) is -0.0810. The highest BCUT2D eigenvalue weighted by atomic mass is 19.4. The van der Waals surface area contributed by atoms with E-state index in [1.54, 1.807) is 20.1 Å². The highest BCUT2D eigenvalue weighted by molar-refractivity contribution is 5.93. The van der Waals surface area contributed by atoms with Crippen molar-refractivity contribution in [2.45, 2.75) is 51.6 Å². The molecule has 0 N–H and O–H groups in total. The van der Waals surface area contributed by atoms with Crippen molar-refractivity contribution in [1.29, 1.82) is 0 Å². The third-order valence-electron chi connectivity index (χ3n) is 7.15. The number of methoxy groups -OCH3 is 1. The van der Waals surface area contributed by atoms with Gasteiger partial charge in [0.1, 0.15) is 5.69 Å². The van der Waals surface area contributed by atoms with Crippen molar-refractivity contribution in [3.63, 3.8) is 0 Å². The van der Waals surface area contributed by atoms with Crippen LogP contribution in [0.2, 0.25) is 0 Å². The van der Waals surface area contributed by atoms with Crippen LogP contribution in [-0.2, 0) is 15.7 Å². The predicted molar refractivity (Wildman–Crippen MR) is 118 cm³/mol. The van der Waals surface area contributed by atoms with Gasteiger partial charge in [-0.1, -0.05) is 18.4 Å². The van der Waals surface area contributed by atoms with Gasteiger partial charge in [-0.25, -0.2) is 9.78 Å². The van der Waals surface area contributed by atoms with Crippen LogP contribution in [0.25, 0.3) is 10.9 Å². The summed E-state index contributed by atoms with van der Waals surface area (Å²) in [6, 6.07) is 5.29. The van der Waals surface area contributed by atoms with E-state index in [2.05, 4.69) is 23.4 Å². The summed E-state index contributed by atoms with van der Waals surface area (Å²) < 4.78 is 51.6. The second-order valence-electron chi connectivity index (χ2n) is 8.94. The molecular formula is C26H26F3NO3. The van der Waals surface area contributed by atoms with Gasteiger partial charge in [0.05, 0.1) is 30.6 Å². The zero-order valence-corrected chi connectivity index (χ0v) is 18.8. The van der Waals surface area contributed by atoms with Crippen LogP contribution in [0.4, 0.5) is 13.2 Å². The third-order valence-corrected chi connectivity index (χ3v) is 7.15. The molecule has 1 aromatic carbocycles. The minimum Gasteiger partial charge on any atom is -0.501 e. The molecule has 0 saturated heterocycles. The fourth-order valence-electron chi connectivity index (χ4n) is 5.06. The number of rotatable bonds is 4. The number of hydrogen-bond acceptors (Lipinski definition) is 4. The minimum absolute atomic E-state index is 0.0328. The van der Waals surface area contributed by atoms with Crippen molar-refractivity contribution in [2.75, 3.05) is 13.7 Å². The molecule has 7 heteroatoms. The molecule has 0 aliphatic heterocycles. The number of carbonyl (C=O) groups excluding carboxylic acids is 1. The van der Waals surface area contributed by atoms with Gasteiger partial charge in [0.25, 0.3) is 0 Å². The Morgan fingerprint density at radius 1 is 1.15 bits per heavy atom. The molecule has 5 rings (SSSR count). The molecule has 0 unspecified atom stereocenters. The number of benzene rings is 1. The number of ether oxygens (including phenoxy) is 2. The molecule has 3 fully saturated rings. The van der Waals surface area contributed by atoms with Gasteiger partial charge < -0.3 is 9.47 Å². The number of pyridine rings is 1. The van der Waals surface area contributed by atoms with Crippen LogP contribution >= 0.6 is 0 Å². The number of nitrogens with zero attached hydrogens (tertiary/aromatic N) is 1. The maximum atomic E-state index is 13.8. The number of hydrogen-bond donors (Lipinski definition) is 0. The average molecular weight is 457 g/mol. The predicted octanol–water partition coefficient (Wildman–Crippen LogP) is 6.28. The Kier molecular flexibility index (Phi) is 5.90. The smallest absolute Gasteiger partial charge is 0.417 e. The van der Waals surface area contributed by atoms with Crippen LogP contribution in [0, 0.1) is 22.7 Å². The topological polar surface area (TPSA) is 48.4 Å². The summed E-state index contributed by atoms with van der Waals surface area (Å²) in [4.78, 5) is 16.1. The van der Waals surface area contributed by atoms with Crippen LogP contribution < -0.4 is 0 Å². The lowest BCUT2D eigenvalue weighted by atomic mass is 9.53. The van der Waals surface area contributed by atoms with E-state index in [1.165, 1.54) is 12.1 Å². The quantitative estimate of drug-likeness (QED) is 0.308. The van der Waals surface area contributed by atoms with Crippen molar-refractivity contribution >= 4 is 16.9 Å². The number of fused-ring (bicyclic) bond motifs is 4. The van der Waals surface area contributed by atoms with Crippen molar-refractivity contribution < 1.29 is 27.4 Å². The zero-order valence-electron chi connectivity index (χ0n) is 18.8. The molecule has 2 aromatic rings. The first-order chi connectivity index (χ1) is 15.6. The Hall–Kier alpha value is -3.01. The van der Waals surface area contributed by atoms with E-state index >= 15 is 0 Å². The zero-order chi connectivity index (χ0) is 23.9. The molecule has 3 aliphatic carbocycles. The van der Waals surface area contributed by atoms with Crippen LogP contribution in [-0.4, -0.2) is 24.7 Å². The monoisotopic (exact) mass is 457 g/mol. The van der Waals surface area contributed by atoms with Crippen molar-refractivity contribution in [3.05, 3.63) is 53.4 Å². The van der Waals surface area contributed by atoms with Gasteiger partial charge in [-0.15, -0.1) is 0 Å². The number of halogens is 3. The third kappa shape index (κ3) is 4.31. The first-order valence-corrected chi connectivity index (χ1v) is 11.1. The van der Waals surface area contributed by atoms with Gasteiger partial charge in [-0.3, -0.25) is 0 Å². The van der Waals surface area contributed by atoms with Gasteiger partial charge >= 0.3 is 12.1 Å². The Balaban J connectivity index is 1.66. The highest BCUT2D eigenvalue weighted by Gasteiger charge is 2.50. The standard InChI is InChI=1S/C26H26F3NO3/c1-4-33-23(31)22-16-20(26(27,28)29)19-15-18(5-6-21(19)30-22)7-8-24-9-12-25(13-10-24,14-11-24)17(2)32-3/h5-6,15-16H,2,4,9-14H2,1,3H3. The van der Waals surface area contributed by atoms with Crippen LogP contribution in [0.3, 0.4) is 0 Å². The summed E-state index contributed by atoms with van der Waals surface area (Å²) in [6.45, 7) is 5.72.